The largest absolute Gasteiger partial charge is 0.312 e. The van der Waals surface area contributed by atoms with E-state index in [1.807, 2.05) is 38.1 Å². The molecule has 27 heavy (non-hydrogen) atoms. The summed E-state index contributed by atoms with van der Waals surface area (Å²) in [6, 6.07) is 11.2. The highest BCUT2D eigenvalue weighted by atomic mass is 32.2. The Hall–Kier alpha value is -2.18. The molecule has 0 spiro atoms. The number of hydrogen-bond donors (Lipinski definition) is 0. The van der Waals surface area contributed by atoms with Gasteiger partial charge in [0.1, 0.15) is 0 Å². The van der Waals surface area contributed by atoms with Crippen LogP contribution in [0.5, 0.6) is 0 Å². The summed E-state index contributed by atoms with van der Waals surface area (Å²) in [7, 11) is -0.511. The molecule has 0 atom stereocenters. The summed E-state index contributed by atoms with van der Waals surface area (Å²) in [5.41, 5.74) is 4.98. The van der Waals surface area contributed by atoms with E-state index in [4.69, 9.17) is 0 Å². The number of aryl methyl sites for hydroxylation is 3. The summed E-state index contributed by atoms with van der Waals surface area (Å²) in [6.07, 6.45) is 2.05. The van der Waals surface area contributed by atoms with Gasteiger partial charge >= 0.3 is 0 Å². The quantitative estimate of drug-likeness (QED) is 0.811. The average Bonchev–Trinajstić information content (AvgIpc) is 2.63. The van der Waals surface area contributed by atoms with Gasteiger partial charge in [-0.2, -0.15) is 0 Å². The summed E-state index contributed by atoms with van der Waals surface area (Å²) in [4.78, 5) is 15.0. The Morgan fingerprint density at radius 3 is 2.56 bits per heavy atom. The van der Waals surface area contributed by atoms with Crippen molar-refractivity contribution >= 4 is 21.6 Å². The zero-order chi connectivity index (χ0) is 19.8. The summed E-state index contributed by atoms with van der Waals surface area (Å²) in [6.45, 7) is 4.64. The molecule has 0 aliphatic carbocycles. The van der Waals surface area contributed by atoms with Gasteiger partial charge in [-0.1, -0.05) is 29.8 Å². The Morgan fingerprint density at radius 1 is 1.11 bits per heavy atom. The maximum Gasteiger partial charge on any atom is 0.242 e. The van der Waals surface area contributed by atoms with Crippen LogP contribution in [-0.4, -0.2) is 39.3 Å². The molecule has 1 aliphatic rings. The molecule has 2 aromatic carbocycles. The van der Waals surface area contributed by atoms with Gasteiger partial charge in [-0.15, -0.1) is 0 Å². The smallest absolute Gasteiger partial charge is 0.242 e. The van der Waals surface area contributed by atoms with Gasteiger partial charge in [-0.3, -0.25) is 4.79 Å². The van der Waals surface area contributed by atoms with Gasteiger partial charge in [0.05, 0.1) is 11.3 Å². The summed E-state index contributed by atoms with van der Waals surface area (Å²) in [5, 5.41) is 0. The lowest BCUT2D eigenvalue weighted by molar-refractivity contribution is -0.118. The standard InChI is InChI=1S/C21H26N2O3S/c1-15-7-8-16(2)18(12-15)13-21(24)23-11-5-6-17-9-10-19(14-20(17)23)27(25,26)22(3)4/h7-10,12,14H,5-6,11,13H2,1-4H3. The van der Waals surface area contributed by atoms with Crippen LogP contribution in [0.2, 0.25) is 0 Å². The van der Waals surface area contributed by atoms with Crippen molar-refractivity contribution < 1.29 is 13.2 Å². The number of sulfonamides is 1. The van der Waals surface area contributed by atoms with Gasteiger partial charge < -0.3 is 4.90 Å². The number of carbonyl (C=O) groups is 1. The van der Waals surface area contributed by atoms with E-state index in [2.05, 4.69) is 0 Å². The Labute approximate surface area is 161 Å². The number of fused-ring (bicyclic) bond motifs is 1. The van der Waals surface area contributed by atoms with Crippen molar-refractivity contribution in [1.82, 2.24) is 4.31 Å². The molecule has 6 heteroatoms. The van der Waals surface area contributed by atoms with Gasteiger partial charge in [0, 0.05) is 26.3 Å². The second kappa shape index (κ2) is 7.44. The first-order chi connectivity index (χ1) is 12.7. The molecule has 0 bridgehead atoms. The van der Waals surface area contributed by atoms with Gasteiger partial charge in [-0.25, -0.2) is 12.7 Å². The fourth-order valence-electron chi connectivity index (χ4n) is 3.43. The topological polar surface area (TPSA) is 57.7 Å². The molecule has 0 fully saturated rings. The first-order valence-electron chi connectivity index (χ1n) is 9.12. The van der Waals surface area contributed by atoms with E-state index in [0.29, 0.717) is 13.0 Å². The highest BCUT2D eigenvalue weighted by molar-refractivity contribution is 7.89. The number of nitrogens with zero attached hydrogens (tertiary/aromatic N) is 2. The Kier molecular flexibility index (Phi) is 5.40. The first-order valence-corrected chi connectivity index (χ1v) is 10.6. The summed E-state index contributed by atoms with van der Waals surface area (Å²) >= 11 is 0. The van der Waals surface area contributed by atoms with Crippen molar-refractivity contribution in [3.05, 3.63) is 58.7 Å². The molecular weight excluding hydrogens is 360 g/mol. The highest BCUT2D eigenvalue weighted by Crippen LogP contribution is 2.31. The van der Waals surface area contributed by atoms with Gasteiger partial charge in [0.15, 0.2) is 0 Å². The number of hydrogen-bond acceptors (Lipinski definition) is 3. The number of amides is 1. The maximum absolute atomic E-state index is 13.1. The van der Waals surface area contributed by atoms with Crippen LogP contribution in [0.1, 0.15) is 28.7 Å². The molecule has 0 unspecified atom stereocenters. The molecule has 1 heterocycles. The lowest BCUT2D eigenvalue weighted by Crippen LogP contribution is -2.37. The van der Waals surface area contributed by atoms with Crippen LogP contribution < -0.4 is 4.90 Å². The predicted octanol–water partition coefficient (Wildman–Crippen LogP) is 3.08. The maximum atomic E-state index is 13.1. The molecule has 2 aromatic rings. The van der Waals surface area contributed by atoms with Crippen LogP contribution in [0, 0.1) is 13.8 Å². The summed E-state index contributed by atoms with van der Waals surface area (Å²) in [5.74, 6) is 0.00375. The third-order valence-corrected chi connectivity index (χ3v) is 6.91. The van der Waals surface area contributed by atoms with Crippen molar-refractivity contribution in [3.63, 3.8) is 0 Å². The lowest BCUT2D eigenvalue weighted by Gasteiger charge is -2.30. The number of rotatable bonds is 4. The zero-order valence-corrected chi connectivity index (χ0v) is 17.1. The molecule has 0 saturated carbocycles. The molecule has 5 nitrogen and oxygen atoms in total. The molecular formula is C21H26N2O3S. The van der Waals surface area contributed by atoms with Crippen molar-refractivity contribution in [1.29, 1.82) is 0 Å². The molecule has 0 saturated heterocycles. The first kappa shape index (κ1) is 19.6. The fraction of sp³-hybridized carbons (Fsp3) is 0.381. The fourth-order valence-corrected chi connectivity index (χ4v) is 4.36. The average molecular weight is 387 g/mol. The third kappa shape index (κ3) is 3.92. The van der Waals surface area contributed by atoms with Gasteiger partial charge in [-0.05, 0) is 55.5 Å². The van der Waals surface area contributed by atoms with E-state index in [1.54, 1.807) is 17.0 Å². The molecule has 0 aromatic heterocycles. The molecule has 3 rings (SSSR count). The Morgan fingerprint density at radius 2 is 1.85 bits per heavy atom. The van der Waals surface area contributed by atoms with E-state index < -0.39 is 10.0 Å². The second-order valence-corrected chi connectivity index (χ2v) is 9.49. The van der Waals surface area contributed by atoms with Crippen LogP contribution in [0.25, 0.3) is 0 Å². The molecule has 144 valence electrons. The monoisotopic (exact) mass is 386 g/mol. The van der Waals surface area contributed by atoms with Crippen molar-refractivity contribution in [2.75, 3.05) is 25.5 Å². The lowest BCUT2D eigenvalue weighted by atomic mass is 9.99. The minimum Gasteiger partial charge on any atom is -0.312 e. The molecule has 0 radical (unpaired) electrons. The highest BCUT2D eigenvalue weighted by Gasteiger charge is 2.26. The number of benzene rings is 2. The minimum absolute atomic E-state index is 0.00375. The number of carbonyl (C=O) groups excluding carboxylic acids is 1. The van der Waals surface area contributed by atoms with E-state index in [9.17, 15) is 13.2 Å². The normalized spacial score (nSPS) is 14.3. The van der Waals surface area contributed by atoms with Gasteiger partial charge in [0.25, 0.3) is 0 Å². The van der Waals surface area contributed by atoms with E-state index in [-0.39, 0.29) is 10.8 Å². The summed E-state index contributed by atoms with van der Waals surface area (Å²) < 4.78 is 26.2. The minimum atomic E-state index is -3.54. The van der Waals surface area contributed by atoms with Crippen molar-refractivity contribution in [2.24, 2.45) is 0 Å². The van der Waals surface area contributed by atoms with Crippen LogP contribution >= 0.6 is 0 Å². The Balaban J connectivity index is 1.95. The molecule has 1 amide bonds. The van der Waals surface area contributed by atoms with Crippen LogP contribution in [0.4, 0.5) is 5.69 Å². The van der Waals surface area contributed by atoms with E-state index >= 15 is 0 Å². The van der Waals surface area contributed by atoms with Gasteiger partial charge in [0.2, 0.25) is 15.9 Å². The molecule has 0 N–H and O–H groups in total. The Bertz CT molecular complexity index is 981. The SMILES string of the molecule is Cc1ccc(C)c(CC(=O)N2CCCc3ccc(S(=O)(=O)N(C)C)cc32)c1. The van der Waals surface area contributed by atoms with Crippen LogP contribution in [0.15, 0.2) is 41.3 Å². The third-order valence-electron chi connectivity index (χ3n) is 5.10. The van der Waals surface area contributed by atoms with Crippen LogP contribution in [0.3, 0.4) is 0 Å². The van der Waals surface area contributed by atoms with Crippen molar-refractivity contribution in [3.8, 4) is 0 Å². The second-order valence-electron chi connectivity index (χ2n) is 7.33. The van der Waals surface area contributed by atoms with Crippen LogP contribution in [-0.2, 0) is 27.7 Å². The number of anilines is 1. The van der Waals surface area contributed by atoms with Crippen molar-refractivity contribution in [2.45, 2.75) is 38.0 Å². The predicted molar refractivity (Wildman–Crippen MR) is 108 cm³/mol. The molecule has 1 aliphatic heterocycles. The van der Waals surface area contributed by atoms with E-state index in [0.717, 1.165) is 40.8 Å². The van der Waals surface area contributed by atoms with E-state index in [1.165, 1.54) is 18.4 Å². The zero-order valence-electron chi connectivity index (χ0n) is 16.3.